The third-order valence-corrected chi connectivity index (χ3v) is 8.13. The van der Waals surface area contributed by atoms with Crippen LogP contribution >= 0.6 is 23.2 Å². The Balaban J connectivity index is 1.45. The first-order chi connectivity index (χ1) is 13.4. The van der Waals surface area contributed by atoms with E-state index in [9.17, 15) is 13.2 Å². The molecule has 1 saturated heterocycles. The van der Waals surface area contributed by atoms with Crippen molar-refractivity contribution in [2.75, 3.05) is 18.4 Å². The van der Waals surface area contributed by atoms with Crippen LogP contribution in [0.2, 0.25) is 10.0 Å². The van der Waals surface area contributed by atoms with Crippen molar-refractivity contribution in [1.82, 2.24) is 14.1 Å². The highest BCUT2D eigenvalue weighted by Gasteiger charge is 2.41. The Bertz CT molecular complexity index is 1030. The maximum Gasteiger partial charge on any atom is 0.292 e. The SMILES string of the molecule is O=c1c(Cl)c(NC2CCN(S(=O)(=O)C3CC3)CC2)cnn1-c1ccc(Cl)cc1. The molecule has 2 aromatic rings. The monoisotopic (exact) mass is 442 g/mol. The van der Waals surface area contributed by atoms with Crippen LogP contribution in [0.1, 0.15) is 25.7 Å². The van der Waals surface area contributed by atoms with Gasteiger partial charge in [0.15, 0.2) is 0 Å². The Morgan fingerprint density at radius 1 is 1.04 bits per heavy atom. The molecule has 0 amide bonds. The van der Waals surface area contributed by atoms with E-state index in [1.165, 1.54) is 10.9 Å². The molecule has 1 aromatic carbocycles. The van der Waals surface area contributed by atoms with Gasteiger partial charge >= 0.3 is 0 Å². The van der Waals surface area contributed by atoms with Gasteiger partial charge in [0.2, 0.25) is 10.0 Å². The molecule has 4 rings (SSSR count). The van der Waals surface area contributed by atoms with Gasteiger partial charge in [-0.25, -0.2) is 12.7 Å². The smallest absolute Gasteiger partial charge is 0.292 e. The van der Waals surface area contributed by atoms with Crippen LogP contribution in [0.25, 0.3) is 5.69 Å². The summed E-state index contributed by atoms with van der Waals surface area (Å²) in [4.78, 5) is 12.6. The molecule has 0 spiro atoms. The number of halogens is 2. The van der Waals surface area contributed by atoms with E-state index in [2.05, 4.69) is 10.4 Å². The molecule has 2 fully saturated rings. The summed E-state index contributed by atoms with van der Waals surface area (Å²) in [5.74, 6) is 0. The van der Waals surface area contributed by atoms with E-state index in [1.54, 1.807) is 28.6 Å². The summed E-state index contributed by atoms with van der Waals surface area (Å²) in [5.41, 5.74) is 0.601. The predicted molar refractivity (Wildman–Crippen MR) is 110 cm³/mol. The lowest BCUT2D eigenvalue weighted by atomic mass is 10.1. The van der Waals surface area contributed by atoms with Crippen LogP contribution in [0.3, 0.4) is 0 Å². The Hall–Kier alpha value is -1.61. The molecule has 1 aliphatic heterocycles. The molecule has 1 N–H and O–H groups in total. The van der Waals surface area contributed by atoms with Gasteiger partial charge in [-0.3, -0.25) is 4.79 Å². The zero-order valence-corrected chi connectivity index (χ0v) is 17.3. The first-order valence-corrected chi connectivity index (χ1v) is 11.4. The molecule has 10 heteroatoms. The third kappa shape index (κ3) is 3.91. The van der Waals surface area contributed by atoms with Crippen LogP contribution in [-0.2, 0) is 10.0 Å². The Morgan fingerprint density at radius 3 is 2.29 bits per heavy atom. The van der Waals surface area contributed by atoms with Crippen molar-refractivity contribution in [3.8, 4) is 5.69 Å². The maximum absolute atomic E-state index is 12.6. The number of anilines is 1. The fourth-order valence-corrected chi connectivity index (χ4v) is 5.53. The van der Waals surface area contributed by atoms with Crippen molar-refractivity contribution < 1.29 is 8.42 Å². The maximum atomic E-state index is 12.6. The summed E-state index contributed by atoms with van der Waals surface area (Å²) in [6.07, 6.45) is 4.37. The van der Waals surface area contributed by atoms with Crippen molar-refractivity contribution >= 4 is 38.9 Å². The highest BCUT2D eigenvalue weighted by molar-refractivity contribution is 7.90. The molecule has 0 unspecified atom stereocenters. The van der Waals surface area contributed by atoms with Crippen LogP contribution in [0.15, 0.2) is 35.3 Å². The Kier molecular flexibility index (Phi) is 5.39. The Labute approximate surface area is 173 Å². The number of nitrogens with zero attached hydrogens (tertiary/aromatic N) is 3. The van der Waals surface area contributed by atoms with Crippen molar-refractivity contribution in [2.45, 2.75) is 37.0 Å². The van der Waals surface area contributed by atoms with Gasteiger partial charge in [-0.15, -0.1) is 0 Å². The molecule has 0 bridgehead atoms. The molecule has 7 nitrogen and oxygen atoms in total. The molecule has 28 heavy (non-hydrogen) atoms. The molecule has 1 aliphatic carbocycles. The average molecular weight is 443 g/mol. The second kappa shape index (κ2) is 7.67. The number of benzene rings is 1. The molecular formula is C18H20Cl2N4O3S. The topological polar surface area (TPSA) is 84.3 Å². The van der Waals surface area contributed by atoms with Gasteiger partial charge in [0, 0.05) is 24.2 Å². The van der Waals surface area contributed by atoms with Crippen LogP contribution in [0.4, 0.5) is 5.69 Å². The van der Waals surface area contributed by atoms with Crippen molar-refractivity contribution in [3.63, 3.8) is 0 Å². The van der Waals surface area contributed by atoms with Crippen molar-refractivity contribution in [2.24, 2.45) is 0 Å². The standard InChI is InChI=1S/C18H20Cl2N4O3S/c19-12-1-3-14(4-2-12)24-18(25)17(20)16(11-21-24)22-13-7-9-23(10-8-13)28(26,27)15-5-6-15/h1-4,11,13,15,22H,5-10H2. The zero-order valence-electron chi connectivity index (χ0n) is 15.0. The van der Waals surface area contributed by atoms with Crippen LogP contribution in [-0.4, -0.2) is 46.9 Å². The number of rotatable bonds is 5. The summed E-state index contributed by atoms with van der Waals surface area (Å²) in [6.45, 7) is 0.951. The number of nitrogens with one attached hydrogen (secondary N) is 1. The molecule has 1 saturated carbocycles. The molecule has 2 aliphatic rings. The van der Waals surface area contributed by atoms with E-state index < -0.39 is 15.6 Å². The first-order valence-electron chi connectivity index (χ1n) is 9.15. The molecular weight excluding hydrogens is 423 g/mol. The van der Waals surface area contributed by atoms with E-state index in [4.69, 9.17) is 23.2 Å². The van der Waals surface area contributed by atoms with E-state index in [0.29, 0.717) is 42.3 Å². The normalized spacial score (nSPS) is 18.9. The van der Waals surface area contributed by atoms with Gasteiger partial charge in [0.1, 0.15) is 5.02 Å². The number of hydrogen-bond donors (Lipinski definition) is 1. The van der Waals surface area contributed by atoms with Gasteiger partial charge < -0.3 is 5.32 Å². The van der Waals surface area contributed by atoms with Gasteiger partial charge in [0.25, 0.3) is 5.56 Å². The molecule has 0 atom stereocenters. The van der Waals surface area contributed by atoms with Crippen molar-refractivity contribution in [3.05, 3.63) is 50.9 Å². The average Bonchev–Trinajstić information content (AvgIpc) is 3.53. The summed E-state index contributed by atoms with van der Waals surface area (Å²) < 4.78 is 27.5. The molecule has 150 valence electrons. The minimum Gasteiger partial charge on any atom is -0.380 e. The minimum atomic E-state index is -3.13. The summed E-state index contributed by atoms with van der Waals surface area (Å²) in [5, 5.41) is 7.88. The third-order valence-electron chi connectivity index (χ3n) is 5.11. The number of hydrogen-bond acceptors (Lipinski definition) is 5. The predicted octanol–water partition coefficient (Wildman–Crippen LogP) is 2.91. The van der Waals surface area contributed by atoms with Crippen LogP contribution in [0, 0.1) is 0 Å². The Morgan fingerprint density at radius 2 is 1.68 bits per heavy atom. The lowest BCUT2D eigenvalue weighted by Crippen LogP contribution is -2.43. The summed E-state index contributed by atoms with van der Waals surface area (Å²) in [6, 6.07) is 6.77. The summed E-state index contributed by atoms with van der Waals surface area (Å²) >= 11 is 12.2. The van der Waals surface area contributed by atoms with E-state index >= 15 is 0 Å². The lowest BCUT2D eigenvalue weighted by molar-refractivity contribution is 0.329. The highest BCUT2D eigenvalue weighted by atomic mass is 35.5. The largest absolute Gasteiger partial charge is 0.380 e. The fraction of sp³-hybridized carbons (Fsp3) is 0.444. The van der Waals surface area contributed by atoms with Crippen molar-refractivity contribution in [1.29, 1.82) is 0 Å². The number of aromatic nitrogens is 2. The highest BCUT2D eigenvalue weighted by Crippen LogP contribution is 2.32. The number of piperidine rings is 1. The van der Waals surface area contributed by atoms with E-state index in [-0.39, 0.29) is 16.3 Å². The van der Waals surface area contributed by atoms with E-state index in [1.807, 2.05) is 0 Å². The number of sulfonamides is 1. The minimum absolute atomic E-state index is 0.0377. The van der Waals surface area contributed by atoms with Gasteiger partial charge in [-0.1, -0.05) is 23.2 Å². The second-order valence-electron chi connectivity index (χ2n) is 7.13. The lowest BCUT2D eigenvalue weighted by Gasteiger charge is -2.32. The molecule has 1 aromatic heterocycles. The fourth-order valence-electron chi connectivity index (χ4n) is 3.35. The zero-order chi connectivity index (χ0) is 19.9. The van der Waals surface area contributed by atoms with Crippen LogP contribution in [0.5, 0.6) is 0 Å². The van der Waals surface area contributed by atoms with Gasteiger partial charge in [0.05, 0.1) is 22.8 Å². The van der Waals surface area contributed by atoms with Gasteiger partial charge in [-0.2, -0.15) is 9.78 Å². The quantitative estimate of drug-likeness (QED) is 0.769. The van der Waals surface area contributed by atoms with Gasteiger partial charge in [-0.05, 0) is 49.9 Å². The van der Waals surface area contributed by atoms with E-state index in [0.717, 1.165) is 12.8 Å². The second-order valence-corrected chi connectivity index (χ2v) is 10.2. The van der Waals surface area contributed by atoms with Crippen LogP contribution < -0.4 is 10.9 Å². The first kappa shape index (κ1) is 19.7. The molecule has 0 radical (unpaired) electrons. The summed E-state index contributed by atoms with van der Waals surface area (Å²) in [7, 11) is -3.13. The molecule has 2 heterocycles.